The Morgan fingerprint density at radius 1 is 1.29 bits per heavy atom. The fourth-order valence-electron chi connectivity index (χ4n) is 2.47. The highest BCUT2D eigenvalue weighted by atomic mass is 79.9. The molecule has 1 aromatic rings. The molecule has 0 radical (unpaired) electrons. The molecule has 0 aliphatic rings. The zero-order chi connectivity index (χ0) is 16.0. The Morgan fingerprint density at radius 3 is 2.33 bits per heavy atom. The summed E-state index contributed by atoms with van der Waals surface area (Å²) in [5.41, 5.74) is 7.34. The van der Waals surface area contributed by atoms with Crippen LogP contribution < -0.4 is 11.1 Å². The summed E-state index contributed by atoms with van der Waals surface area (Å²) < 4.78 is 1.04. The van der Waals surface area contributed by atoms with Crippen molar-refractivity contribution in [1.29, 1.82) is 0 Å². The molecule has 0 saturated carbocycles. The summed E-state index contributed by atoms with van der Waals surface area (Å²) in [5, 5.41) is 3.08. The fraction of sp³-hybridized carbons (Fsp3) is 0.588. The van der Waals surface area contributed by atoms with Crippen molar-refractivity contribution < 1.29 is 4.79 Å². The third kappa shape index (κ3) is 7.09. The number of hydrogen-bond acceptors (Lipinski definition) is 2. The van der Waals surface area contributed by atoms with Gasteiger partial charge in [-0.05, 0) is 36.0 Å². The Balaban J connectivity index is 2.57. The summed E-state index contributed by atoms with van der Waals surface area (Å²) in [6.07, 6.45) is 2.08. The number of benzene rings is 1. The highest BCUT2D eigenvalue weighted by Crippen LogP contribution is 2.22. The van der Waals surface area contributed by atoms with Gasteiger partial charge >= 0.3 is 0 Å². The van der Waals surface area contributed by atoms with Gasteiger partial charge in [-0.25, -0.2) is 0 Å². The van der Waals surface area contributed by atoms with Crippen LogP contribution in [0.5, 0.6) is 0 Å². The third-order valence-electron chi connectivity index (χ3n) is 3.34. The molecule has 1 amide bonds. The smallest absolute Gasteiger partial charge is 0.222 e. The summed E-state index contributed by atoms with van der Waals surface area (Å²) >= 11 is 3.42. The predicted molar refractivity (Wildman–Crippen MR) is 92.0 cm³/mol. The fourth-order valence-corrected chi connectivity index (χ4v) is 2.73. The lowest BCUT2D eigenvalue weighted by Gasteiger charge is -2.24. The number of hydrogen-bond donors (Lipinski definition) is 2. The van der Waals surface area contributed by atoms with Gasteiger partial charge in [0.1, 0.15) is 0 Å². The highest BCUT2D eigenvalue weighted by Gasteiger charge is 2.19. The van der Waals surface area contributed by atoms with Crippen molar-refractivity contribution in [2.75, 3.05) is 0 Å². The van der Waals surface area contributed by atoms with Crippen molar-refractivity contribution in [2.45, 2.75) is 59.0 Å². The molecule has 0 fully saturated rings. The van der Waals surface area contributed by atoms with Crippen LogP contribution in [0.2, 0.25) is 0 Å². The molecule has 0 spiro atoms. The number of carbonyl (C=O) groups is 1. The van der Waals surface area contributed by atoms with Gasteiger partial charge in [-0.1, -0.05) is 55.8 Å². The van der Waals surface area contributed by atoms with E-state index in [1.807, 2.05) is 24.3 Å². The molecule has 4 heteroatoms. The SMILES string of the molecule is CCC(NC(=O)CC(N)CC(C)(C)C)c1ccc(Br)cc1. The van der Waals surface area contributed by atoms with Crippen molar-refractivity contribution in [2.24, 2.45) is 11.1 Å². The molecule has 0 bridgehead atoms. The maximum Gasteiger partial charge on any atom is 0.222 e. The van der Waals surface area contributed by atoms with E-state index in [-0.39, 0.29) is 23.4 Å². The quantitative estimate of drug-likeness (QED) is 0.805. The summed E-state index contributed by atoms with van der Waals surface area (Å²) in [7, 11) is 0. The summed E-state index contributed by atoms with van der Waals surface area (Å²) in [6.45, 7) is 8.49. The maximum absolute atomic E-state index is 12.1. The lowest BCUT2D eigenvalue weighted by Crippen LogP contribution is -2.35. The van der Waals surface area contributed by atoms with E-state index in [2.05, 4.69) is 48.9 Å². The standard InChI is InChI=1S/C17H27BrN2O/c1-5-15(12-6-8-13(18)9-7-12)20-16(21)10-14(19)11-17(2,3)4/h6-9,14-15H,5,10-11,19H2,1-4H3,(H,20,21). The van der Waals surface area contributed by atoms with Crippen LogP contribution in [0.3, 0.4) is 0 Å². The molecule has 0 heterocycles. The second-order valence-corrected chi connectivity index (χ2v) is 7.72. The topological polar surface area (TPSA) is 55.1 Å². The average molecular weight is 355 g/mol. The van der Waals surface area contributed by atoms with Gasteiger partial charge in [0, 0.05) is 16.9 Å². The lowest BCUT2D eigenvalue weighted by molar-refractivity contribution is -0.122. The zero-order valence-corrected chi connectivity index (χ0v) is 15.0. The van der Waals surface area contributed by atoms with Crippen molar-refractivity contribution in [3.63, 3.8) is 0 Å². The number of nitrogens with two attached hydrogens (primary N) is 1. The van der Waals surface area contributed by atoms with Crippen LogP contribution in [0.1, 0.15) is 58.6 Å². The van der Waals surface area contributed by atoms with E-state index in [4.69, 9.17) is 5.73 Å². The van der Waals surface area contributed by atoms with Crippen LogP contribution in [-0.4, -0.2) is 11.9 Å². The molecule has 118 valence electrons. The summed E-state index contributed by atoms with van der Waals surface area (Å²) in [5.74, 6) is 0.0292. The maximum atomic E-state index is 12.1. The van der Waals surface area contributed by atoms with Gasteiger partial charge in [-0.2, -0.15) is 0 Å². The summed E-state index contributed by atoms with van der Waals surface area (Å²) in [4.78, 5) is 12.1. The van der Waals surface area contributed by atoms with E-state index >= 15 is 0 Å². The normalized spacial score (nSPS) is 14.6. The first-order valence-electron chi connectivity index (χ1n) is 7.51. The Labute approximate surface area is 136 Å². The first-order chi connectivity index (χ1) is 9.71. The van der Waals surface area contributed by atoms with Gasteiger partial charge in [0.25, 0.3) is 0 Å². The molecule has 1 aromatic carbocycles. The largest absolute Gasteiger partial charge is 0.349 e. The van der Waals surface area contributed by atoms with Crippen molar-refractivity contribution in [3.8, 4) is 0 Å². The minimum atomic E-state index is -0.0903. The first kappa shape index (κ1) is 18.2. The molecule has 0 aliphatic heterocycles. The minimum absolute atomic E-state index is 0.0292. The van der Waals surface area contributed by atoms with Crippen LogP contribution in [-0.2, 0) is 4.79 Å². The Bertz CT molecular complexity index is 451. The van der Waals surface area contributed by atoms with Gasteiger partial charge in [0.15, 0.2) is 0 Å². The Kier molecular flexibility index (Phi) is 6.88. The average Bonchev–Trinajstić information content (AvgIpc) is 2.34. The molecule has 2 atom stereocenters. The van der Waals surface area contributed by atoms with Crippen molar-refractivity contribution in [3.05, 3.63) is 34.3 Å². The van der Waals surface area contributed by atoms with E-state index in [9.17, 15) is 4.79 Å². The van der Waals surface area contributed by atoms with Crippen LogP contribution in [0.15, 0.2) is 28.7 Å². The van der Waals surface area contributed by atoms with Gasteiger partial charge in [0.2, 0.25) is 5.91 Å². The van der Waals surface area contributed by atoms with Crippen LogP contribution >= 0.6 is 15.9 Å². The number of rotatable bonds is 6. The van der Waals surface area contributed by atoms with E-state index in [1.54, 1.807) is 0 Å². The predicted octanol–water partition coefficient (Wildman–Crippen LogP) is 4.17. The number of amides is 1. The van der Waals surface area contributed by atoms with Crippen LogP contribution in [0.25, 0.3) is 0 Å². The van der Waals surface area contributed by atoms with Gasteiger partial charge in [-0.15, -0.1) is 0 Å². The monoisotopic (exact) mass is 354 g/mol. The minimum Gasteiger partial charge on any atom is -0.349 e. The highest BCUT2D eigenvalue weighted by molar-refractivity contribution is 9.10. The lowest BCUT2D eigenvalue weighted by atomic mass is 9.87. The van der Waals surface area contributed by atoms with Gasteiger partial charge in [0.05, 0.1) is 6.04 Å². The van der Waals surface area contributed by atoms with Crippen molar-refractivity contribution >= 4 is 21.8 Å². The van der Waals surface area contributed by atoms with Crippen molar-refractivity contribution in [1.82, 2.24) is 5.32 Å². The molecule has 21 heavy (non-hydrogen) atoms. The molecule has 0 aliphatic carbocycles. The zero-order valence-electron chi connectivity index (χ0n) is 13.4. The third-order valence-corrected chi connectivity index (χ3v) is 3.87. The number of carbonyl (C=O) groups excluding carboxylic acids is 1. The van der Waals surface area contributed by atoms with E-state index in [0.717, 1.165) is 22.9 Å². The van der Waals surface area contributed by atoms with Gasteiger partial charge in [-0.3, -0.25) is 4.79 Å². The number of nitrogens with one attached hydrogen (secondary N) is 1. The Hall–Kier alpha value is -0.870. The second-order valence-electron chi connectivity index (χ2n) is 6.81. The molecule has 3 N–H and O–H groups in total. The van der Waals surface area contributed by atoms with E-state index < -0.39 is 0 Å². The molecular weight excluding hydrogens is 328 g/mol. The Morgan fingerprint density at radius 2 is 1.86 bits per heavy atom. The molecule has 2 unspecified atom stereocenters. The molecular formula is C17H27BrN2O. The number of halogens is 1. The molecule has 1 rings (SSSR count). The first-order valence-corrected chi connectivity index (χ1v) is 8.31. The van der Waals surface area contributed by atoms with E-state index in [0.29, 0.717) is 6.42 Å². The molecule has 3 nitrogen and oxygen atoms in total. The second kappa shape index (κ2) is 7.95. The van der Waals surface area contributed by atoms with Gasteiger partial charge < -0.3 is 11.1 Å². The van der Waals surface area contributed by atoms with Crippen LogP contribution in [0, 0.1) is 5.41 Å². The van der Waals surface area contributed by atoms with Crippen LogP contribution in [0.4, 0.5) is 0 Å². The molecule has 0 saturated heterocycles. The summed E-state index contributed by atoms with van der Waals surface area (Å²) in [6, 6.07) is 8.02. The molecule has 0 aromatic heterocycles. The van der Waals surface area contributed by atoms with E-state index in [1.165, 1.54) is 0 Å².